The number of likely N-dealkylation sites (tertiary alicyclic amines) is 2. The summed E-state index contributed by atoms with van der Waals surface area (Å²) < 4.78 is 131. The van der Waals surface area contributed by atoms with Crippen LogP contribution in [0.4, 0.5) is 43.9 Å². The lowest BCUT2D eigenvalue weighted by Crippen LogP contribution is -2.44. The summed E-state index contributed by atoms with van der Waals surface area (Å²) >= 11 is 5.06. The van der Waals surface area contributed by atoms with Crippen LogP contribution in [0.1, 0.15) is 93.4 Å². The molecular formula is C40H32F10N6O4S. The number of carbonyl (C=O) groups excluding carboxylic acids is 2. The van der Waals surface area contributed by atoms with Crippen molar-refractivity contribution in [1.82, 2.24) is 19.8 Å². The Morgan fingerprint density at radius 1 is 0.836 bits per heavy atom. The van der Waals surface area contributed by atoms with Gasteiger partial charge in [-0.3, -0.25) is 9.59 Å². The van der Waals surface area contributed by atoms with Crippen LogP contribution in [-0.4, -0.2) is 73.8 Å². The molecule has 2 aliphatic heterocycles. The van der Waals surface area contributed by atoms with Crippen LogP contribution in [0.2, 0.25) is 0 Å². The summed E-state index contributed by atoms with van der Waals surface area (Å²) in [6.07, 6.45) is -14.0. The van der Waals surface area contributed by atoms with E-state index in [9.17, 15) is 58.3 Å². The zero-order valence-corrected chi connectivity index (χ0v) is 32.4. The SMILES string of the molecule is CCN1CC2(CCN(C(=O)c3cc(C(N)=S)c(-c4ccc(C(F)(F)F)cc4)nc3C(F)F)CC2)CC1=O.N#Cc1cc(C(=O)O)c(C(F)F)nc1-c1ccc(C(F)(F)F)cc1. The number of carbonyl (C=O) groups is 3. The highest BCUT2D eigenvalue weighted by Crippen LogP contribution is 2.42. The predicted octanol–water partition coefficient (Wildman–Crippen LogP) is 9.09. The van der Waals surface area contributed by atoms with Gasteiger partial charge in [0.1, 0.15) is 22.4 Å². The molecule has 0 saturated carbocycles. The Kier molecular flexibility index (Phi) is 13.4. The molecule has 61 heavy (non-hydrogen) atoms. The van der Waals surface area contributed by atoms with Gasteiger partial charge < -0.3 is 20.6 Å². The van der Waals surface area contributed by atoms with Crippen molar-refractivity contribution in [3.63, 3.8) is 0 Å². The monoisotopic (exact) mass is 882 g/mol. The lowest BCUT2D eigenvalue weighted by Gasteiger charge is -2.39. The number of pyridine rings is 2. The largest absolute Gasteiger partial charge is 0.478 e. The number of amides is 2. The number of benzene rings is 2. The summed E-state index contributed by atoms with van der Waals surface area (Å²) in [5.41, 5.74) is -0.0353. The van der Waals surface area contributed by atoms with Crippen LogP contribution in [0.3, 0.4) is 0 Å². The van der Waals surface area contributed by atoms with Crippen LogP contribution in [0.15, 0.2) is 60.7 Å². The van der Waals surface area contributed by atoms with Gasteiger partial charge in [-0.15, -0.1) is 0 Å². The fraction of sp³-hybridized carbons (Fsp3) is 0.325. The third-order valence-electron chi connectivity index (χ3n) is 10.2. The van der Waals surface area contributed by atoms with Crippen LogP contribution in [0.5, 0.6) is 0 Å². The van der Waals surface area contributed by atoms with Gasteiger partial charge in [-0.2, -0.15) is 31.6 Å². The van der Waals surface area contributed by atoms with E-state index >= 15 is 0 Å². The minimum atomic E-state index is -4.58. The van der Waals surface area contributed by atoms with Gasteiger partial charge in [0.05, 0.1) is 39.2 Å². The van der Waals surface area contributed by atoms with Gasteiger partial charge in [-0.1, -0.05) is 36.5 Å². The number of carboxylic acid groups (broad SMARTS) is 1. The minimum absolute atomic E-state index is 0.0102. The van der Waals surface area contributed by atoms with E-state index in [1.54, 1.807) is 11.0 Å². The number of piperidine rings is 1. The molecule has 2 saturated heterocycles. The number of nitrogens with two attached hydrogens (primary N) is 1. The number of rotatable bonds is 8. The van der Waals surface area contributed by atoms with Gasteiger partial charge in [0.15, 0.2) is 0 Å². The molecule has 4 heterocycles. The van der Waals surface area contributed by atoms with Crippen molar-refractivity contribution < 1.29 is 63.4 Å². The van der Waals surface area contributed by atoms with Crippen molar-refractivity contribution in [2.45, 2.75) is 51.4 Å². The second-order valence-corrected chi connectivity index (χ2v) is 14.5. The number of thiocarbonyl (C=S) groups is 1. The smallest absolute Gasteiger partial charge is 0.416 e. The topological polar surface area (TPSA) is 154 Å². The number of hydrogen-bond donors (Lipinski definition) is 2. The third kappa shape index (κ3) is 10.1. The number of aromatic carboxylic acids is 1. The summed E-state index contributed by atoms with van der Waals surface area (Å²) in [6, 6.07) is 10.7. The van der Waals surface area contributed by atoms with Crippen molar-refractivity contribution >= 4 is 35.0 Å². The highest BCUT2D eigenvalue weighted by Gasteiger charge is 2.45. The van der Waals surface area contributed by atoms with Crippen LogP contribution in [0, 0.1) is 16.7 Å². The average Bonchev–Trinajstić information content (AvgIpc) is 3.52. The van der Waals surface area contributed by atoms with Gasteiger partial charge >= 0.3 is 18.3 Å². The van der Waals surface area contributed by atoms with Crippen LogP contribution in [-0.2, 0) is 17.1 Å². The van der Waals surface area contributed by atoms with Crippen molar-refractivity contribution in [3.8, 4) is 28.6 Å². The van der Waals surface area contributed by atoms with Crippen LogP contribution < -0.4 is 5.73 Å². The first-order valence-corrected chi connectivity index (χ1v) is 18.4. The van der Waals surface area contributed by atoms with E-state index in [1.807, 2.05) is 6.92 Å². The number of nitriles is 1. The zero-order chi connectivity index (χ0) is 45.2. The number of aromatic nitrogens is 2. The fourth-order valence-electron chi connectivity index (χ4n) is 7.04. The molecule has 322 valence electrons. The molecule has 0 unspecified atom stereocenters. The molecule has 4 aromatic rings. The third-order valence-corrected chi connectivity index (χ3v) is 10.5. The van der Waals surface area contributed by atoms with Gasteiger partial charge in [0.25, 0.3) is 18.8 Å². The Morgan fingerprint density at radius 3 is 1.72 bits per heavy atom. The lowest BCUT2D eigenvalue weighted by atomic mass is 9.77. The summed E-state index contributed by atoms with van der Waals surface area (Å²) in [5.74, 6) is -2.27. The molecular weight excluding hydrogens is 851 g/mol. The molecule has 2 fully saturated rings. The predicted molar refractivity (Wildman–Crippen MR) is 201 cm³/mol. The van der Waals surface area contributed by atoms with Gasteiger partial charge in [0.2, 0.25) is 5.91 Å². The fourth-order valence-corrected chi connectivity index (χ4v) is 7.19. The van der Waals surface area contributed by atoms with Crippen LogP contribution >= 0.6 is 12.2 Å². The average molecular weight is 883 g/mol. The van der Waals surface area contributed by atoms with Gasteiger partial charge in [0, 0.05) is 54.7 Å². The Bertz CT molecular complexity index is 2380. The number of alkyl halides is 10. The van der Waals surface area contributed by atoms with E-state index in [2.05, 4.69) is 9.97 Å². The summed E-state index contributed by atoms with van der Waals surface area (Å²) in [5, 5.41) is 18.0. The zero-order valence-electron chi connectivity index (χ0n) is 31.6. The molecule has 21 heteroatoms. The first-order chi connectivity index (χ1) is 28.5. The summed E-state index contributed by atoms with van der Waals surface area (Å²) in [4.78, 5) is 47.0. The summed E-state index contributed by atoms with van der Waals surface area (Å²) in [7, 11) is 0. The Balaban J connectivity index is 0.000000254. The first kappa shape index (κ1) is 45.9. The van der Waals surface area contributed by atoms with E-state index < -0.39 is 65.2 Å². The molecule has 2 aliphatic rings. The minimum Gasteiger partial charge on any atom is -0.478 e. The summed E-state index contributed by atoms with van der Waals surface area (Å²) in [6.45, 7) is 3.70. The molecule has 2 aromatic carbocycles. The number of halogens is 10. The van der Waals surface area contributed by atoms with Crippen molar-refractivity contribution in [2.75, 3.05) is 26.2 Å². The maximum Gasteiger partial charge on any atom is 0.416 e. The van der Waals surface area contributed by atoms with Crippen LogP contribution in [0.25, 0.3) is 22.5 Å². The highest BCUT2D eigenvalue weighted by molar-refractivity contribution is 7.80. The normalized spacial score (nSPS) is 15.2. The molecule has 2 amide bonds. The molecule has 6 rings (SSSR count). The Hall–Kier alpha value is -6.17. The second-order valence-electron chi connectivity index (χ2n) is 14.0. The molecule has 10 nitrogen and oxygen atoms in total. The van der Waals surface area contributed by atoms with E-state index in [1.165, 1.54) is 4.90 Å². The molecule has 3 N–H and O–H groups in total. The number of nitrogens with zero attached hydrogens (tertiary/aromatic N) is 5. The first-order valence-electron chi connectivity index (χ1n) is 18.0. The van der Waals surface area contributed by atoms with E-state index in [0.29, 0.717) is 44.5 Å². The van der Waals surface area contributed by atoms with Gasteiger partial charge in [-0.25, -0.2) is 32.3 Å². The molecule has 0 aliphatic carbocycles. The van der Waals surface area contributed by atoms with E-state index in [-0.39, 0.29) is 68.6 Å². The standard InChI is InChI=1S/C25H25F5N4O2S.C15H7F5N2O2/c1-2-33-13-24(12-18(33)35)7-9-34(10-8-24)23(36)17-11-16(22(31)37)19(32-20(17)21(26)27)14-3-5-15(6-4-14)25(28,29)30;16-13(17)12-10(14(23)24)5-8(6-21)11(22-12)7-1-3-9(4-2-7)15(18,19)20/h3-6,11,21H,2,7-10,12-13H2,1H3,(H2,31,37);1-5,13H,(H,23,24). The van der Waals surface area contributed by atoms with E-state index in [0.717, 1.165) is 48.5 Å². The highest BCUT2D eigenvalue weighted by atomic mass is 32.1. The van der Waals surface area contributed by atoms with Gasteiger partial charge in [-0.05, 0) is 56.2 Å². The number of hydrogen-bond acceptors (Lipinski definition) is 7. The lowest BCUT2D eigenvalue weighted by molar-refractivity contribution is -0.138. The van der Waals surface area contributed by atoms with Crippen molar-refractivity contribution in [2.24, 2.45) is 11.1 Å². The molecule has 2 aromatic heterocycles. The maximum atomic E-state index is 14.1. The molecule has 0 bridgehead atoms. The quantitative estimate of drug-likeness (QED) is 0.130. The maximum absolute atomic E-state index is 14.1. The molecule has 0 radical (unpaired) electrons. The van der Waals surface area contributed by atoms with Crippen molar-refractivity contribution in [3.05, 3.63) is 105 Å². The second kappa shape index (κ2) is 17.8. The number of carboxylic acids is 1. The molecule has 1 spiro atoms. The van der Waals surface area contributed by atoms with Crippen molar-refractivity contribution in [1.29, 1.82) is 5.26 Å². The molecule has 0 atom stereocenters. The van der Waals surface area contributed by atoms with E-state index in [4.69, 9.17) is 28.3 Å². The Morgan fingerprint density at radius 2 is 1.31 bits per heavy atom. The Labute approximate surface area is 345 Å².